The fraction of sp³-hybridized carbons (Fsp3) is 0.182. The number of rotatable bonds is 5. The van der Waals surface area contributed by atoms with Crippen molar-refractivity contribution in [2.45, 2.75) is 6.54 Å². The van der Waals surface area contributed by atoms with E-state index in [4.69, 9.17) is 10.4 Å². The first-order chi connectivity index (χ1) is 9.19. The summed E-state index contributed by atoms with van der Waals surface area (Å²) < 4.78 is 1.42. The molecule has 0 unspecified atom stereocenters. The minimum Gasteiger partial charge on any atom is -0.476 e. The van der Waals surface area contributed by atoms with Gasteiger partial charge in [0.2, 0.25) is 0 Å². The zero-order valence-corrected chi connectivity index (χ0v) is 9.82. The smallest absolute Gasteiger partial charge is 0.358 e. The number of carboxylic acid groups (broad SMARTS) is 1. The van der Waals surface area contributed by atoms with Crippen molar-refractivity contribution < 1.29 is 9.90 Å². The van der Waals surface area contributed by atoms with Crippen molar-refractivity contribution in [1.82, 2.24) is 20.0 Å². The first-order valence-corrected chi connectivity index (χ1v) is 5.42. The molecule has 0 aliphatic carbocycles. The van der Waals surface area contributed by atoms with E-state index >= 15 is 0 Å². The molecular formula is C11H10N6O2. The molecule has 0 atom stereocenters. The van der Waals surface area contributed by atoms with E-state index in [-0.39, 0.29) is 5.69 Å². The van der Waals surface area contributed by atoms with Crippen LogP contribution in [0.3, 0.4) is 0 Å². The fourth-order valence-electron chi connectivity index (χ4n) is 1.40. The molecule has 2 aromatic rings. The summed E-state index contributed by atoms with van der Waals surface area (Å²) in [6.07, 6.45) is 2.89. The maximum atomic E-state index is 10.6. The van der Waals surface area contributed by atoms with Gasteiger partial charge in [0, 0.05) is 12.7 Å². The van der Waals surface area contributed by atoms with Crippen LogP contribution in [0, 0.1) is 11.3 Å². The van der Waals surface area contributed by atoms with Crippen LogP contribution in [0.1, 0.15) is 16.1 Å². The van der Waals surface area contributed by atoms with Crippen LogP contribution in [0.25, 0.3) is 0 Å². The molecule has 0 bridgehead atoms. The van der Waals surface area contributed by atoms with Gasteiger partial charge >= 0.3 is 5.97 Å². The number of aromatic nitrogens is 4. The molecule has 0 spiro atoms. The minimum absolute atomic E-state index is 0.0930. The molecule has 2 N–H and O–H groups in total. The third-order valence-corrected chi connectivity index (χ3v) is 2.29. The van der Waals surface area contributed by atoms with Crippen molar-refractivity contribution >= 4 is 11.8 Å². The Labute approximate surface area is 108 Å². The van der Waals surface area contributed by atoms with Gasteiger partial charge in [-0.3, -0.25) is 0 Å². The standard InChI is InChI=1S/C11H10N6O2/c12-6-8-1-2-13-10(5-8)14-3-4-17-7-9(11(18)19)15-16-17/h1-2,5,7H,3-4H2,(H,13,14)(H,18,19). The number of carbonyl (C=O) groups is 1. The topological polar surface area (TPSA) is 117 Å². The van der Waals surface area contributed by atoms with E-state index in [0.29, 0.717) is 24.5 Å². The highest BCUT2D eigenvalue weighted by atomic mass is 16.4. The normalized spacial score (nSPS) is 9.84. The van der Waals surface area contributed by atoms with Crippen molar-refractivity contribution in [2.24, 2.45) is 0 Å². The molecule has 0 radical (unpaired) electrons. The molecule has 2 rings (SSSR count). The van der Waals surface area contributed by atoms with E-state index in [0.717, 1.165) is 0 Å². The molecule has 0 aliphatic rings. The molecule has 96 valence electrons. The Bertz CT molecular complexity index is 630. The third kappa shape index (κ3) is 3.26. The second-order valence-electron chi connectivity index (χ2n) is 3.64. The van der Waals surface area contributed by atoms with Crippen molar-refractivity contribution in [2.75, 3.05) is 11.9 Å². The van der Waals surface area contributed by atoms with E-state index in [1.807, 2.05) is 6.07 Å². The molecule has 2 aromatic heterocycles. The van der Waals surface area contributed by atoms with Gasteiger partial charge < -0.3 is 10.4 Å². The monoisotopic (exact) mass is 258 g/mol. The lowest BCUT2D eigenvalue weighted by molar-refractivity contribution is 0.0690. The maximum absolute atomic E-state index is 10.6. The molecule has 0 aliphatic heterocycles. The molecule has 0 amide bonds. The van der Waals surface area contributed by atoms with Crippen molar-refractivity contribution in [3.63, 3.8) is 0 Å². The van der Waals surface area contributed by atoms with E-state index in [1.54, 1.807) is 18.3 Å². The lowest BCUT2D eigenvalue weighted by Crippen LogP contribution is -2.11. The van der Waals surface area contributed by atoms with Crippen LogP contribution in [0.2, 0.25) is 0 Å². The summed E-state index contributed by atoms with van der Waals surface area (Å²) >= 11 is 0. The lowest BCUT2D eigenvalue weighted by atomic mass is 10.3. The van der Waals surface area contributed by atoms with E-state index in [1.165, 1.54) is 10.9 Å². The average molecular weight is 258 g/mol. The zero-order valence-electron chi connectivity index (χ0n) is 9.82. The number of pyridine rings is 1. The number of anilines is 1. The molecule has 0 aromatic carbocycles. The first kappa shape index (κ1) is 12.5. The van der Waals surface area contributed by atoms with Gasteiger partial charge in [-0.1, -0.05) is 5.21 Å². The summed E-state index contributed by atoms with van der Waals surface area (Å²) in [6.45, 7) is 0.934. The number of nitrogens with one attached hydrogen (secondary N) is 1. The Hall–Kier alpha value is -2.95. The van der Waals surface area contributed by atoms with E-state index < -0.39 is 5.97 Å². The second-order valence-corrected chi connectivity index (χ2v) is 3.64. The van der Waals surface area contributed by atoms with Crippen LogP contribution in [-0.4, -0.2) is 37.6 Å². The maximum Gasteiger partial charge on any atom is 0.358 e. The van der Waals surface area contributed by atoms with Gasteiger partial charge in [0.05, 0.1) is 24.4 Å². The van der Waals surface area contributed by atoms with Gasteiger partial charge in [-0.15, -0.1) is 5.10 Å². The molecule has 0 saturated carbocycles. The SMILES string of the molecule is N#Cc1ccnc(NCCn2cc(C(=O)O)nn2)c1. The van der Waals surface area contributed by atoms with E-state index in [2.05, 4.69) is 20.6 Å². The van der Waals surface area contributed by atoms with Gasteiger partial charge in [0.25, 0.3) is 0 Å². The van der Waals surface area contributed by atoms with Crippen LogP contribution in [0.4, 0.5) is 5.82 Å². The number of hydrogen-bond acceptors (Lipinski definition) is 6. The third-order valence-electron chi connectivity index (χ3n) is 2.29. The Balaban J connectivity index is 1.89. The summed E-state index contributed by atoms with van der Waals surface area (Å²) in [7, 11) is 0. The predicted molar refractivity (Wildman–Crippen MR) is 64.4 cm³/mol. The van der Waals surface area contributed by atoms with Crippen molar-refractivity contribution in [3.8, 4) is 6.07 Å². The van der Waals surface area contributed by atoms with Crippen LogP contribution in [0.15, 0.2) is 24.5 Å². The number of nitriles is 1. The van der Waals surface area contributed by atoms with Gasteiger partial charge in [0.1, 0.15) is 5.82 Å². The number of carboxylic acids is 1. The largest absolute Gasteiger partial charge is 0.476 e. The molecule has 0 saturated heterocycles. The lowest BCUT2D eigenvalue weighted by Gasteiger charge is -2.04. The van der Waals surface area contributed by atoms with E-state index in [9.17, 15) is 4.79 Å². The number of aromatic carboxylic acids is 1. The molecule has 8 nitrogen and oxygen atoms in total. The number of hydrogen-bond donors (Lipinski definition) is 2. The highest BCUT2D eigenvalue weighted by Gasteiger charge is 2.07. The first-order valence-electron chi connectivity index (χ1n) is 5.42. The Morgan fingerprint density at radius 1 is 1.58 bits per heavy atom. The minimum atomic E-state index is -1.11. The molecule has 2 heterocycles. The highest BCUT2D eigenvalue weighted by molar-refractivity contribution is 5.84. The molecule has 19 heavy (non-hydrogen) atoms. The molecule has 8 heteroatoms. The second kappa shape index (κ2) is 5.59. The predicted octanol–water partition coefficient (Wildman–Crippen LogP) is 0.355. The van der Waals surface area contributed by atoms with Gasteiger partial charge in [-0.2, -0.15) is 5.26 Å². The summed E-state index contributed by atoms with van der Waals surface area (Å²) in [5.41, 5.74) is 0.427. The van der Waals surface area contributed by atoms with Crippen LogP contribution in [0.5, 0.6) is 0 Å². The summed E-state index contributed by atoms with van der Waals surface area (Å²) in [5, 5.41) is 27.6. The van der Waals surface area contributed by atoms with Gasteiger partial charge in [-0.25, -0.2) is 14.5 Å². The Morgan fingerprint density at radius 3 is 3.11 bits per heavy atom. The summed E-state index contributed by atoms with van der Waals surface area (Å²) in [6, 6.07) is 5.26. The summed E-state index contributed by atoms with van der Waals surface area (Å²) in [4.78, 5) is 14.7. The average Bonchev–Trinajstić information content (AvgIpc) is 2.88. The molecular weight excluding hydrogens is 248 g/mol. The summed E-state index contributed by atoms with van der Waals surface area (Å²) in [5.74, 6) is -0.528. The zero-order chi connectivity index (χ0) is 13.7. The van der Waals surface area contributed by atoms with Crippen LogP contribution < -0.4 is 5.32 Å². The Morgan fingerprint density at radius 2 is 2.42 bits per heavy atom. The quantitative estimate of drug-likeness (QED) is 0.794. The van der Waals surface area contributed by atoms with Crippen molar-refractivity contribution in [3.05, 3.63) is 35.8 Å². The van der Waals surface area contributed by atoms with Gasteiger partial charge in [-0.05, 0) is 12.1 Å². The fourth-order valence-corrected chi connectivity index (χ4v) is 1.40. The van der Waals surface area contributed by atoms with Crippen molar-refractivity contribution in [1.29, 1.82) is 5.26 Å². The highest BCUT2D eigenvalue weighted by Crippen LogP contribution is 2.05. The number of nitrogens with zero attached hydrogens (tertiary/aromatic N) is 5. The van der Waals surface area contributed by atoms with Gasteiger partial charge in [0.15, 0.2) is 5.69 Å². The molecule has 0 fully saturated rings. The van der Waals surface area contributed by atoms with Crippen LogP contribution in [-0.2, 0) is 6.54 Å². The Kier molecular flexibility index (Phi) is 3.68. The van der Waals surface area contributed by atoms with Crippen LogP contribution >= 0.6 is 0 Å².